The Labute approximate surface area is 108 Å². The van der Waals surface area contributed by atoms with Gasteiger partial charge in [0, 0.05) is 24.0 Å². The third kappa shape index (κ3) is 2.93. The summed E-state index contributed by atoms with van der Waals surface area (Å²) in [5.41, 5.74) is 5.89. The van der Waals surface area contributed by atoms with E-state index in [1.165, 1.54) is 12.6 Å². The third-order valence-corrected chi connectivity index (χ3v) is 5.20. The van der Waals surface area contributed by atoms with Crippen LogP contribution >= 0.6 is 0 Å². The highest BCUT2D eigenvalue weighted by Crippen LogP contribution is 2.29. The predicted molar refractivity (Wildman–Crippen MR) is 70.5 cm³/mol. The molecule has 102 valence electrons. The maximum atomic E-state index is 12.3. The summed E-state index contributed by atoms with van der Waals surface area (Å²) < 4.78 is 27.4. The quantitative estimate of drug-likeness (QED) is 0.775. The largest absolute Gasteiger partial charge is 0.363 e. The minimum Gasteiger partial charge on any atom is -0.363 e. The molecule has 1 saturated carbocycles. The van der Waals surface area contributed by atoms with Gasteiger partial charge in [-0.25, -0.2) is 13.1 Å². The van der Waals surface area contributed by atoms with E-state index in [4.69, 9.17) is 5.73 Å². The zero-order chi connectivity index (χ0) is 13.2. The minimum atomic E-state index is -3.44. The Balaban J connectivity index is 2.16. The SMILES string of the molecule is CC1(NS(=O)(=O)c2c[nH]c(CN)c2)CCCCC1. The Morgan fingerprint density at radius 3 is 2.61 bits per heavy atom. The first-order valence-corrected chi connectivity index (χ1v) is 7.85. The van der Waals surface area contributed by atoms with Crippen LogP contribution in [0.25, 0.3) is 0 Å². The van der Waals surface area contributed by atoms with Gasteiger partial charge in [0.1, 0.15) is 0 Å². The van der Waals surface area contributed by atoms with Crippen LogP contribution in [0.2, 0.25) is 0 Å². The molecule has 1 aromatic heterocycles. The van der Waals surface area contributed by atoms with Crippen molar-refractivity contribution >= 4 is 10.0 Å². The lowest BCUT2D eigenvalue weighted by Crippen LogP contribution is -2.46. The van der Waals surface area contributed by atoms with Crippen molar-refractivity contribution in [3.05, 3.63) is 18.0 Å². The monoisotopic (exact) mass is 271 g/mol. The summed E-state index contributed by atoms with van der Waals surface area (Å²) in [5.74, 6) is 0. The Morgan fingerprint density at radius 2 is 2.06 bits per heavy atom. The molecular formula is C12H21N3O2S. The second-order valence-corrected chi connectivity index (χ2v) is 6.97. The fourth-order valence-corrected chi connectivity index (χ4v) is 3.99. The highest BCUT2D eigenvalue weighted by molar-refractivity contribution is 7.89. The zero-order valence-electron chi connectivity index (χ0n) is 10.7. The Hall–Kier alpha value is -0.850. The maximum Gasteiger partial charge on any atom is 0.242 e. The first kappa shape index (κ1) is 13.6. The van der Waals surface area contributed by atoms with Gasteiger partial charge in [0.2, 0.25) is 10.0 Å². The van der Waals surface area contributed by atoms with E-state index in [0.717, 1.165) is 31.4 Å². The normalized spacial score (nSPS) is 19.9. The number of H-pyrrole nitrogens is 1. The third-order valence-electron chi connectivity index (χ3n) is 3.58. The molecule has 0 bridgehead atoms. The first-order chi connectivity index (χ1) is 8.45. The summed E-state index contributed by atoms with van der Waals surface area (Å²) in [4.78, 5) is 3.14. The molecular weight excluding hydrogens is 250 g/mol. The topological polar surface area (TPSA) is 88.0 Å². The van der Waals surface area contributed by atoms with Crippen LogP contribution in [-0.4, -0.2) is 18.9 Å². The van der Waals surface area contributed by atoms with E-state index >= 15 is 0 Å². The average Bonchev–Trinajstić information content (AvgIpc) is 2.77. The lowest BCUT2D eigenvalue weighted by Gasteiger charge is -2.33. The van der Waals surface area contributed by atoms with Crippen molar-refractivity contribution in [2.24, 2.45) is 5.73 Å². The van der Waals surface area contributed by atoms with Gasteiger partial charge in [0.05, 0.1) is 4.90 Å². The molecule has 0 unspecified atom stereocenters. The lowest BCUT2D eigenvalue weighted by atomic mass is 9.84. The van der Waals surface area contributed by atoms with E-state index in [0.29, 0.717) is 6.54 Å². The number of nitrogens with two attached hydrogens (primary N) is 1. The Morgan fingerprint density at radius 1 is 1.39 bits per heavy atom. The molecule has 0 aliphatic heterocycles. The molecule has 1 aliphatic carbocycles. The molecule has 0 saturated heterocycles. The number of aromatic nitrogens is 1. The summed E-state index contributed by atoms with van der Waals surface area (Å²) in [6, 6.07) is 1.59. The fourth-order valence-electron chi connectivity index (χ4n) is 2.51. The van der Waals surface area contributed by atoms with E-state index in [1.54, 1.807) is 6.07 Å². The van der Waals surface area contributed by atoms with Crippen LogP contribution in [0.5, 0.6) is 0 Å². The van der Waals surface area contributed by atoms with E-state index in [1.807, 2.05) is 6.92 Å². The molecule has 6 heteroatoms. The fraction of sp³-hybridized carbons (Fsp3) is 0.667. The molecule has 0 atom stereocenters. The van der Waals surface area contributed by atoms with Crippen molar-refractivity contribution in [2.75, 3.05) is 0 Å². The van der Waals surface area contributed by atoms with Crippen LogP contribution in [-0.2, 0) is 16.6 Å². The lowest BCUT2D eigenvalue weighted by molar-refractivity contribution is 0.294. The van der Waals surface area contributed by atoms with Crippen molar-refractivity contribution in [1.82, 2.24) is 9.71 Å². The van der Waals surface area contributed by atoms with Crippen LogP contribution < -0.4 is 10.5 Å². The molecule has 0 radical (unpaired) electrons. The van der Waals surface area contributed by atoms with E-state index in [9.17, 15) is 8.42 Å². The van der Waals surface area contributed by atoms with Crippen molar-refractivity contribution < 1.29 is 8.42 Å². The van der Waals surface area contributed by atoms with Gasteiger partial charge in [0.25, 0.3) is 0 Å². The number of aromatic amines is 1. The van der Waals surface area contributed by atoms with Crippen LogP contribution in [0.3, 0.4) is 0 Å². The van der Waals surface area contributed by atoms with Crippen LogP contribution in [0.1, 0.15) is 44.7 Å². The number of hydrogen-bond donors (Lipinski definition) is 3. The number of nitrogens with one attached hydrogen (secondary N) is 2. The maximum absolute atomic E-state index is 12.3. The van der Waals surface area contributed by atoms with Gasteiger partial charge in [0.15, 0.2) is 0 Å². The molecule has 1 aromatic rings. The second-order valence-electron chi connectivity index (χ2n) is 5.29. The van der Waals surface area contributed by atoms with Crippen molar-refractivity contribution in [2.45, 2.75) is 56.0 Å². The Bertz CT molecular complexity index is 501. The second kappa shape index (κ2) is 5.03. The van der Waals surface area contributed by atoms with Gasteiger partial charge in [-0.1, -0.05) is 19.3 Å². The molecule has 1 aliphatic rings. The van der Waals surface area contributed by atoms with E-state index < -0.39 is 10.0 Å². The van der Waals surface area contributed by atoms with Crippen molar-refractivity contribution in [1.29, 1.82) is 0 Å². The first-order valence-electron chi connectivity index (χ1n) is 6.37. The molecule has 5 nitrogen and oxygen atoms in total. The van der Waals surface area contributed by atoms with Crippen molar-refractivity contribution in [3.63, 3.8) is 0 Å². The summed E-state index contributed by atoms with van der Waals surface area (Å²) in [5, 5.41) is 0. The standard InChI is InChI=1S/C12H21N3O2S/c1-12(5-3-2-4-6-12)15-18(16,17)11-7-10(8-13)14-9-11/h7,9,14-15H,2-6,8,13H2,1H3. The summed E-state index contributed by atoms with van der Waals surface area (Å²) in [6.45, 7) is 2.30. The van der Waals surface area contributed by atoms with Gasteiger partial charge in [-0.15, -0.1) is 0 Å². The van der Waals surface area contributed by atoms with E-state index in [-0.39, 0.29) is 10.4 Å². The molecule has 1 heterocycles. The smallest absolute Gasteiger partial charge is 0.242 e. The number of sulfonamides is 1. The highest BCUT2D eigenvalue weighted by Gasteiger charge is 2.32. The molecule has 0 spiro atoms. The zero-order valence-corrected chi connectivity index (χ0v) is 11.5. The van der Waals surface area contributed by atoms with Gasteiger partial charge in [-0.3, -0.25) is 0 Å². The van der Waals surface area contributed by atoms with Gasteiger partial charge >= 0.3 is 0 Å². The van der Waals surface area contributed by atoms with Crippen LogP contribution in [0, 0.1) is 0 Å². The van der Waals surface area contributed by atoms with Crippen LogP contribution in [0.15, 0.2) is 17.2 Å². The van der Waals surface area contributed by atoms with Crippen molar-refractivity contribution in [3.8, 4) is 0 Å². The van der Waals surface area contributed by atoms with Gasteiger partial charge in [-0.2, -0.15) is 0 Å². The minimum absolute atomic E-state index is 0.273. The average molecular weight is 271 g/mol. The Kier molecular flexibility index (Phi) is 3.79. The number of hydrogen-bond acceptors (Lipinski definition) is 3. The number of rotatable bonds is 4. The highest BCUT2D eigenvalue weighted by atomic mass is 32.2. The molecule has 2 rings (SSSR count). The van der Waals surface area contributed by atoms with Gasteiger partial charge < -0.3 is 10.7 Å². The molecule has 4 N–H and O–H groups in total. The molecule has 18 heavy (non-hydrogen) atoms. The summed E-state index contributed by atoms with van der Waals surface area (Å²) >= 11 is 0. The predicted octanol–water partition coefficient (Wildman–Crippen LogP) is 1.47. The molecule has 0 aromatic carbocycles. The van der Waals surface area contributed by atoms with E-state index in [2.05, 4.69) is 9.71 Å². The molecule has 0 amide bonds. The summed E-state index contributed by atoms with van der Waals surface area (Å²) in [7, 11) is -3.44. The summed E-state index contributed by atoms with van der Waals surface area (Å²) in [6.07, 6.45) is 6.66. The molecule has 1 fully saturated rings. The van der Waals surface area contributed by atoms with Crippen LogP contribution in [0.4, 0.5) is 0 Å². The van der Waals surface area contributed by atoms with Gasteiger partial charge in [-0.05, 0) is 25.8 Å².